The number of aromatic amines is 1. The SMILES string of the molecule is CN(C)Cc1c[nH]c2cc(N([O-])O)ccc12. The van der Waals surface area contributed by atoms with Gasteiger partial charge in [0.2, 0.25) is 0 Å². The van der Waals surface area contributed by atoms with E-state index in [-0.39, 0.29) is 10.9 Å². The molecule has 86 valence electrons. The number of anilines is 1. The highest BCUT2D eigenvalue weighted by molar-refractivity contribution is 5.86. The molecule has 5 heteroatoms. The molecule has 0 aliphatic carbocycles. The average Bonchev–Trinajstić information content (AvgIpc) is 2.60. The van der Waals surface area contributed by atoms with Crippen molar-refractivity contribution >= 4 is 16.6 Å². The van der Waals surface area contributed by atoms with Gasteiger partial charge >= 0.3 is 0 Å². The summed E-state index contributed by atoms with van der Waals surface area (Å²) in [5, 5.41) is 20.5. The number of hydrogen-bond acceptors (Lipinski definition) is 4. The Hall–Kier alpha value is -1.56. The number of nitrogens with one attached hydrogen (secondary N) is 1. The van der Waals surface area contributed by atoms with Crippen molar-refractivity contribution in [1.29, 1.82) is 0 Å². The van der Waals surface area contributed by atoms with Crippen LogP contribution in [0.2, 0.25) is 0 Å². The van der Waals surface area contributed by atoms with Crippen LogP contribution in [0.1, 0.15) is 5.56 Å². The van der Waals surface area contributed by atoms with Gasteiger partial charge in [-0.2, -0.15) is 0 Å². The van der Waals surface area contributed by atoms with Crippen LogP contribution >= 0.6 is 0 Å². The molecule has 0 unspecified atom stereocenters. The highest BCUT2D eigenvalue weighted by Crippen LogP contribution is 2.23. The van der Waals surface area contributed by atoms with E-state index < -0.39 is 0 Å². The van der Waals surface area contributed by atoms with E-state index in [1.165, 1.54) is 5.56 Å². The normalized spacial score (nSPS) is 11.3. The fourth-order valence-corrected chi connectivity index (χ4v) is 1.76. The molecule has 0 saturated heterocycles. The van der Waals surface area contributed by atoms with Gasteiger partial charge in [0.05, 0.1) is 5.69 Å². The third-order valence-corrected chi connectivity index (χ3v) is 2.46. The Kier molecular flexibility index (Phi) is 2.82. The minimum atomic E-state index is -0.133. The fourth-order valence-electron chi connectivity index (χ4n) is 1.76. The van der Waals surface area contributed by atoms with Crippen molar-refractivity contribution in [2.24, 2.45) is 0 Å². The van der Waals surface area contributed by atoms with Gasteiger partial charge in [0.15, 0.2) is 0 Å². The van der Waals surface area contributed by atoms with E-state index >= 15 is 0 Å². The number of hydrogen-bond donors (Lipinski definition) is 2. The quantitative estimate of drug-likeness (QED) is 0.775. The van der Waals surface area contributed by atoms with Crippen molar-refractivity contribution < 1.29 is 5.21 Å². The zero-order chi connectivity index (χ0) is 11.7. The molecule has 0 fully saturated rings. The standard InChI is InChI=1S/C11H14N3O2/c1-13(2)7-8-6-12-11-5-9(14(15)16)3-4-10(8)11/h3-6,12,15H,7H2,1-2H3/q-1. The molecule has 0 saturated carbocycles. The second-order valence-corrected chi connectivity index (χ2v) is 4.05. The van der Waals surface area contributed by atoms with Crippen molar-refractivity contribution in [3.8, 4) is 0 Å². The first-order chi connectivity index (χ1) is 7.58. The lowest BCUT2D eigenvalue weighted by Gasteiger charge is -2.21. The van der Waals surface area contributed by atoms with Crippen molar-refractivity contribution in [1.82, 2.24) is 9.88 Å². The molecule has 0 aliphatic heterocycles. The van der Waals surface area contributed by atoms with Crippen LogP contribution in [0.15, 0.2) is 24.4 Å². The van der Waals surface area contributed by atoms with Gasteiger partial charge in [-0.15, -0.1) is 0 Å². The van der Waals surface area contributed by atoms with E-state index in [1.807, 2.05) is 26.4 Å². The summed E-state index contributed by atoms with van der Waals surface area (Å²) in [6.45, 7) is 0.833. The summed E-state index contributed by atoms with van der Waals surface area (Å²) in [7, 11) is 4.00. The minimum absolute atomic E-state index is 0.133. The molecule has 1 aromatic heterocycles. The maximum atomic E-state index is 10.7. The first-order valence-electron chi connectivity index (χ1n) is 4.99. The van der Waals surface area contributed by atoms with Crippen LogP contribution in [0.25, 0.3) is 10.9 Å². The molecule has 5 nitrogen and oxygen atoms in total. The van der Waals surface area contributed by atoms with E-state index in [0.29, 0.717) is 0 Å². The number of nitrogens with zero attached hydrogens (tertiary/aromatic N) is 2. The summed E-state index contributed by atoms with van der Waals surface area (Å²) in [4.78, 5) is 5.16. The number of fused-ring (bicyclic) bond motifs is 1. The number of benzene rings is 1. The lowest BCUT2D eigenvalue weighted by Crippen LogP contribution is -2.10. The molecular weight excluding hydrogens is 206 g/mol. The van der Waals surface area contributed by atoms with Gasteiger partial charge in [0, 0.05) is 23.6 Å². The van der Waals surface area contributed by atoms with Crippen LogP contribution < -0.4 is 5.23 Å². The van der Waals surface area contributed by atoms with Gasteiger partial charge in [0.25, 0.3) is 0 Å². The summed E-state index contributed by atoms with van der Waals surface area (Å²) < 4.78 is 0. The zero-order valence-electron chi connectivity index (χ0n) is 9.27. The largest absolute Gasteiger partial charge is 0.733 e. The monoisotopic (exact) mass is 220 g/mol. The van der Waals surface area contributed by atoms with Crippen LogP contribution in [0.5, 0.6) is 0 Å². The van der Waals surface area contributed by atoms with Crippen molar-refractivity contribution in [3.63, 3.8) is 0 Å². The van der Waals surface area contributed by atoms with Crippen molar-refractivity contribution in [3.05, 3.63) is 35.2 Å². The van der Waals surface area contributed by atoms with Crippen molar-refractivity contribution in [2.75, 3.05) is 19.3 Å². The third-order valence-electron chi connectivity index (χ3n) is 2.46. The molecule has 2 rings (SSSR count). The van der Waals surface area contributed by atoms with Gasteiger partial charge < -0.3 is 20.3 Å². The van der Waals surface area contributed by atoms with Crippen LogP contribution in [-0.4, -0.2) is 29.2 Å². The predicted octanol–water partition coefficient (Wildman–Crippen LogP) is 1.92. The van der Waals surface area contributed by atoms with E-state index in [2.05, 4.69) is 9.88 Å². The van der Waals surface area contributed by atoms with Crippen LogP contribution in [0.4, 0.5) is 5.69 Å². The summed E-state index contributed by atoms with van der Waals surface area (Å²) in [6.07, 6.45) is 1.92. The molecule has 1 aromatic carbocycles. The van der Waals surface area contributed by atoms with Crippen LogP contribution in [0.3, 0.4) is 0 Å². The van der Waals surface area contributed by atoms with E-state index in [9.17, 15) is 5.21 Å². The van der Waals surface area contributed by atoms with Gasteiger partial charge in [-0.05, 0) is 31.8 Å². The lowest BCUT2D eigenvalue weighted by molar-refractivity contribution is 0.296. The molecule has 0 bridgehead atoms. The van der Waals surface area contributed by atoms with Crippen LogP contribution in [-0.2, 0) is 6.54 Å². The lowest BCUT2D eigenvalue weighted by atomic mass is 10.1. The summed E-state index contributed by atoms with van der Waals surface area (Å²) in [5.41, 5.74) is 2.25. The molecule has 0 spiro atoms. The smallest absolute Gasteiger partial charge is 0.0529 e. The first kappa shape index (κ1) is 10.9. The molecule has 2 aromatic rings. The second-order valence-electron chi connectivity index (χ2n) is 4.05. The second kappa shape index (κ2) is 4.13. The van der Waals surface area contributed by atoms with Crippen molar-refractivity contribution in [2.45, 2.75) is 6.54 Å². The van der Waals surface area contributed by atoms with Crippen LogP contribution in [0, 0.1) is 5.21 Å². The highest BCUT2D eigenvalue weighted by Gasteiger charge is 2.05. The summed E-state index contributed by atoms with van der Waals surface area (Å²) >= 11 is 0. The Bertz CT molecular complexity index is 491. The Morgan fingerprint density at radius 1 is 1.38 bits per heavy atom. The maximum Gasteiger partial charge on any atom is 0.0529 e. The number of H-pyrrole nitrogens is 1. The molecule has 16 heavy (non-hydrogen) atoms. The molecule has 1 heterocycles. The Morgan fingerprint density at radius 3 is 2.75 bits per heavy atom. The van der Waals surface area contributed by atoms with E-state index in [1.54, 1.807) is 12.1 Å². The van der Waals surface area contributed by atoms with Gasteiger partial charge in [-0.3, -0.25) is 5.21 Å². The van der Waals surface area contributed by atoms with Gasteiger partial charge in [-0.1, -0.05) is 6.07 Å². The zero-order valence-corrected chi connectivity index (χ0v) is 9.27. The molecule has 0 radical (unpaired) electrons. The summed E-state index contributed by atoms with van der Waals surface area (Å²) in [5.74, 6) is 0. The van der Waals surface area contributed by atoms with Gasteiger partial charge in [-0.25, -0.2) is 0 Å². The van der Waals surface area contributed by atoms with Gasteiger partial charge in [0.1, 0.15) is 0 Å². The summed E-state index contributed by atoms with van der Waals surface area (Å²) in [6, 6.07) is 5.06. The molecular formula is C11H14N3O2-. The predicted molar refractivity (Wildman–Crippen MR) is 63.3 cm³/mol. The Balaban J connectivity index is 2.42. The number of rotatable bonds is 3. The van der Waals surface area contributed by atoms with E-state index in [4.69, 9.17) is 5.21 Å². The first-order valence-corrected chi connectivity index (χ1v) is 4.99. The molecule has 2 N–H and O–H groups in total. The average molecular weight is 220 g/mol. The number of aromatic nitrogens is 1. The highest BCUT2D eigenvalue weighted by atomic mass is 16.8. The topological polar surface area (TPSA) is 65.6 Å². The Morgan fingerprint density at radius 2 is 2.12 bits per heavy atom. The minimum Gasteiger partial charge on any atom is -0.733 e. The molecule has 0 amide bonds. The fraction of sp³-hybridized carbons (Fsp3) is 0.273. The van der Waals surface area contributed by atoms with E-state index in [0.717, 1.165) is 17.4 Å². The molecule has 0 aliphatic rings. The Labute approximate surface area is 93.4 Å². The molecule has 0 atom stereocenters. The third kappa shape index (κ3) is 2.01. The maximum absolute atomic E-state index is 10.7.